The maximum Gasteiger partial charge on any atom is 0.326 e. The molecule has 3 unspecified atom stereocenters. The smallest absolute Gasteiger partial charge is 0.326 e. The third-order valence-corrected chi connectivity index (χ3v) is 5.45. The van der Waals surface area contributed by atoms with Crippen molar-refractivity contribution >= 4 is 36.8 Å². The minimum Gasteiger partial charge on any atom is -0.481 e. The first-order valence-electron chi connectivity index (χ1n) is 7.38. The van der Waals surface area contributed by atoms with E-state index in [0.29, 0.717) is 19.3 Å². The predicted octanol–water partition coefficient (Wildman–Crippen LogP) is 1.77. The number of hydrogen-bond acceptors (Lipinski definition) is 4. The van der Waals surface area contributed by atoms with Gasteiger partial charge in [-0.3, -0.25) is 9.59 Å². The van der Waals surface area contributed by atoms with Gasteiger partial charge in [-0.25, -0.2) is 0 Å². The Morgan fingerprint density at radius 1 is 0.909 bits per heavy atom. The van der Waals surface area contributed by atoms with Crippen molar-refractivity contribution in [3.63, 3.8) is 0 Å². The average Bonchev–Trinajstić information content (AvgIpc) is 2.42. The lowest BCUT2D eigenvalue weighted by molar-refractivity contribution is -0.177. The van der Waals surface area contributed by atoms with E-state index in [1.165, 1.54) is 0 Å². The van der Waals surface area contributed by atoms with E-state index in [4.69, 9.17) is 11.5 Å². The van der Waals surface area contributed by atoms with Crippen LogP contribution >= 0.6 is 24.8 Å². The molecule has 130 valence electrons. The molecule has 2 aliphatic carbocycles. The third-order valence-electron chi connectivity index (χ3n) is 5.45. The first kappa shape index (κ1) is 21.4. The molecule has 2 rings (SSSR count). The molecule has 0 aromatic rings. The van der Waals surface area contributed by atoms with Crippen LogP contribution in [0, 0.1) is 11.3 Å². The van der Waals surface area contributed by atoms with E-state index in [-0.39, 0.29) is 30.7 Å². The maximum absolute atomic E-state index is 12.0. The van der Waals surface area contributed by atoms with Gasteiger partial charge in [0.2, 0.25) is 0 Å². The summed E-state index contributed by atoms with van der Waals surface area (Å²) < 4.78 is 0. The SMILES string of the molecule is Cl.Cl.NC1CCCC(C(=O)O)(C2CCCCC2)C1(N)C(=O)O. The van der Waals surface area contributed by atoms with E-state index >= 15 is 0 Å². The van der Waals surface area contributed by atoms with Gasteiger partial charge < -0.3 is 21.7 Å². The Labute approximate surface area is 142 Å². The monoisotopic (exact) mass is 356 g/mol. The molecule has 0 amide bonds. The maximum atomic E-state index is 12.0. The molecule has 2 aliphatic rings. The van der Waals surface area contributed by atoms with Crippen molar-refractivity contribution in [1.82, 2.24) is 0 Å². The molecule has 0 heterocycles. The van der Waals surface area contributed by atoms with E-state index in [1.807, 2.05) is 0 Å². The van der Waals surface area contributed by atoms with E-state index in [2.05, 4.69) is 0 Å². The summed E-state index contributed by atoms with van der Waals surface area (Å²) in [5.41, 5.74) is 8.81. The summed E-state index contributed by atoms with van der Waals surface area (Å²) in [6, 6.07) is -0.813. The van der Waals surface area contributed by atoms with Crippen LogP contribution in [0.3, 0.4) is 0 Å². The Balaban J connectivity index is 0.00000220. The number of halogens is 2. The van der Waals surface area contributed by atoms with Crippen molar-refractivity contribution in [3.05, 3.63) is 0 Å². The van der Waals surface area contributed by atoms with Crippen molar-refractivity contribution in [2.45, 2.75) is 62.9 Å². The second-order valence-electron chi connectivity index (χ2n) is 6.28. The molecule has 8 heteroatoms. The highest BCUT2D eigenvalue weighted by molar-refractivity contribution is 5.91. The molecule has 22 heavy (non-hydrogen) atoms. The van der Waals surface area contributed by atoms with Gasteiger partial charge in [-0.2, -0.15) is 0 Å². The summed E-state index contributed by atoms with van der Waals surface area (Å²) >= 11 is 0. The molecule has 6 nitrogen and oxygen atoms in total. The van der Waals surface area contributed by atoms with Gasteiger partial charge in [0.25, 0.3) is 0 Å². The molecule has 2 saturated carbocycles. The van der Waals surface area contributed by atoms with Crippen LogP contribution in [0.1, 0.15) is 51.4 Å². The van der Waals surface area contributed by atoms with E-state index < -0.39 is 28.9 Å². The lowest BCUT2D eigenvalue weighted by atomic mass is 9.51. The number of carboxylic acid groups (broad SMARTS) is 2. The molecular formula is C14H26Cl2N2O4. The quantitative estimate of drug-likeness (QED) is 0.610. The summed E-state index contributed by atoms with van der Waals surface area (Å²) in [4.78, 5) is 23.8. The van der Waals surface area contributed by atoms with E-state index in [0.717, 1.165) is 32.1 Å². The zero-order chi connectivity index (χ0) is 15.0. The zero-order valence-corrected chi connectivity index (χ0v) is 14.1. The van der Waals surface area contributed by atoms with Crippen LogP contribution in [0.5, 0.6) is 0 Å². The van der Waals surface area contributed by atoms with Crippen molar-refractivity contribution in [1.29, 1.82) is 0 Å². The summed E-state index contributed by atoms with van der Waals surface area (Å²) in [6.07, 6.45) is 5.79. The second-order valence-corrected chi connectivity index (χ2v) is 6.28. The number of nitrogens with two attached hydrogens (primary N) is 2. The minimum atomic E-state index is -1.88. The lowest BCUT2D eigenvalue weighted by Gasteiger charge is -2.53. The Hall–Kier alpha value is -0.560. The summed E-state index contributed by atoms with van der Waals surface area (Å²) in [7, 11) is 0. The molecule has 0 aromatic heterocycles. The van der Waals surface area contributed by atoms with E-state index in [1.54, 1.807) is 0 Å². The molecule has 0 saturated heterocycles. The van der Waals surface area contributed by atoms with Crippen LogP contribution in [-0.4, -0.2) is 33.7 Å². The molecule has 3 atom stereocenters. The number of carbonyl (C=O) groups is 2. The molecule has 6 N–H and O–H groups in total. The predicted molar refractivity (Wildman–Crippen MR) is 87.5 cm³/mol. The van der Waals surface area contributed by atoms with E-state index in [9.17, 15) is 19.8 Å². The second kappa shape index (κ2) is 7.81. The van der Waals surface area contributed by atoms with Crippen LogP contribution in [0.4, 0.5) is 0 Å². The van der Waals surface area contributed by atoms with Gasteiger partial charge in [0.15, 0.2) is 0 Å². The average molecular weight is 357 g/mol. The fraction of sp³-hybridized carbons (Fsp3) is 0.857. The fourth-order valence-corrected chi connectivity index (χ4v) is 4.31. The normalized spacial score (nSPS) is 35.8. The van der Waals surface area contributed by atoms with Gasteiger partial charge in [-0.1, -0.05) is 25.7 Å². The standard InChI is InChI=1S/C14H24N2O4.2ClH/c15-10-7-4-8-13(11(17)18,14(10,16)12(19)20)9-5-2-1-3-6-9;;/h9-10H,1-8,15-16H2,(H,17,18)(H,19,20);2*1H. The molecular weight excluding hydrogens is 331 g/mol. The Kier molecular flexibility index (Phi) is 7.62. The number of aliphatic carboxylic acids is 2. The Morgan fingerprint density at radius 3 is 1.91 bits per heavy atom. The fourth-order valence-electron chi connectivity index (χ4n) is 4.31. The first-order valence-corrected chi connectivity index (χ1v) is 7.38. The largest absolute Gasteiger partial charge is 0.481 e. The van der Waals surface area contributed by atoms with Gasteiger partial charge in [0.05, 0.1) is 0 Å². The number of hydrogen-bond donors (Lipinski definition) is 4. The highest BCUT2D eigenvalue weighted by atomic mass is 35.5. The van der Waals surface area contributed by atoms with Gasteiger partial charge in [0, 0.05) is 6.04 Å². The third kappa shape index (κ3) is 2.94. The topological polar surface area (TPSA) is 127 Å². The summed E-state index contributed by atoms with van der Waals surface area (Å²) in [5.74, 6) is -2.57. The summed E-state index contributed by atoms with van der Waals surface area (Å²) in [5, 5.41) is 19.5. The van der Waals surface area contributed by atoms with Crippen molar-refractivity contribution < 1.29 is 19.8 Å². The lowest BCUT2D eigenvalue weighted by Crippen LogP contribution is -2.76. The van der Waals surface area contributed by atoms with Crippen molar-refractivity contribution in [3.8, 4) is 0 Å². The van der Waals surface area contributed by atoms with Crippen molar-refractivity contribution in [2.24, 2.45) is 22.8 Å². The van der Waals surface area contributed by atoms with Crippen LogP contribution < -0.4 is 11.5 Å². The Morgan fingerprint density at radius 2 is 1.45 bits per heavy atom. The van der Waals surface area contributed by atoms with Crippen LogP contribution in [0.15, 0.2) is 0 Å². The first-order chi connectivity index (χ1) is 9.37. The Bertz CT molecular complexity index is 418. The van der Waals surface area contributed by atoms with Gasteiger partial charge in [0.1, 0.15) is 11.0 Å². The molecule has 0 aliphatic heterocycles. The highest BCUT2D eigenvalue weighted by Crippen LogP contribution is 2.52. The molecule has 0 bridgehead atoms. The number of rotatable bonds is 3. The van der Waals surface area contributed by atoms with Gasteiger partial charge >= 0.3 is 11.9 Å². The molecule has 0 radical (unpaired) electrons. The molecule has 2 fully saturated rings. The summed E-state index contributed by atoms with van der Waals surface area (Å²) in [6.45, 7) is 0. The van der Waals surface area contributed by atoms with Gasteiger partial charge in [-0.05, 0) is 31.6 Å². The van der Waals surface area contributed by atoms with Crippen molar-refractivity contribution in [2.75, 3.05) is 0 Å². The molecule has 0 spiro atoms. The molecule has 0 aromatic carbocycles. The van der Waals surface area contributed by atoms with Crippen LogP contribution in [0.2, 0.25) is 0 Å². The van der Waals surface area contributed by atoms with Gasteiger partial charge in [-0.15, -0.1) is 24.8 Å². The zero-order valence-electron chi connectivity index (χ0n) is 12.5. The highest BCUT2D eigenvalue weighted by Gasteiger charge is 2.66. The van der Waals surface area contributed by atoms with Crippen LogP contribution in [0.25, 0.3) is 0 Å². The number of carboxylic acids is 2. The van der Waals surface area contributed by atoms with Crippen LogP contribution in [-0.2, 0) is 9.59 Å². The minimum absolute atomic E-state index is 0.